The van der Waals surface area contributed by atoms with Crippen molar-refractivity contribution in [3.8, 4) is 11.6 Å². The first kappa shape index (κ1) is 24.9. The van der Waals surface area contributed by atoms with Gasteiger partial charge in [-0.05, 0) is 93.4 Å². The lowest BCUT2D eigenvalue weighted by Gasteiger charge is -2.09. The molecule has 4 aromatic rings. The van der Waals surface area contributed by atoms with Crippen molar-refractivity contribution in [2.75, 3.05) is 17.2 Å². The maximum atomic E-state index is 12.6. The highest BCUT2D eigenvalue weighted by atomic mass is 16.5. The number of anilines is 3. The van der Waals surface area contributed by atoms with Crippen LogP contribution in [0.2, 0.25) is 0 Å². The van der Waals surface area contributed by atoms with Crippen molar-refractivity contribution in [1.82, 2.24) is 20.0 Å². The van der Waals surface area contributed by atoms with Crippen molar-refractivity contribution in [1.29, 1.82) is 0 Å². The normalized spacial score (nSPS) is 10.8. The second-order valence-corrected chi connectivity index (χ2v) is 8.72. The monoisotopic (exact) mass is 484 g/mol. The van der Waals surface area contributed by atoms with E-state index in [2.05, 4.69) is 32.9 Å². The number of unbranched alkanes of at least 4 members (excludes halogenated alkanes) is 2. The number of ether oxygens (including phenoxy) is 1. The minimum atomic E-state index is -0.172. The molecule has 36 heavy (non-hydrogen) atoms. The number of nitrogens with zero attached hydrogens (tertiary/aromatic N) is 4. The average Bonchev–Trinajstić information content (AvgIpc) is 3.16. The first-order chi connectivity index (χ1) is 17.4. The van der Waals surface area contributed by atoms with Gasteiger partial charge in [-0.2, -0.15) is 5.10 Å². The molecule has 0 radical (unpaired) electrons. The van der Waals surface area contributed by atoms with E-state index in [0.29, 0.717) is 29.5 Å². The summed E-state index contributed by atoms with van der Waals surface area (Å²) in [6.45, 7) is 8.90. The predicted octanol–water partition coefficient (Wildman–Crippen LogP) is 6.15. The Morgan fingerprint density at radius 1 is 0.889 bits per heavy atom. The van der Waals surface area contributed by atoms with Crippen LogP contribution in [-0.2, 0) is 0 Å². The summed E-state index contributed by atoms with van der Waals surface area (Å²) in [6.07, 6.45) is 3.35. The number of aromatic nitrogens is 4. The van der Waals surface area contributed by atoms with Crippen LogP contribution in [0.4, 0.5) is 17.2 Å². The fraction of sp³-hybridized carbons (Fsp3) is 0.286. The van der Waals surface area contributed by atoms with Gasteiger partial charge in [-0.1, -0.05) is 19.8 Å². The van der Waals surface area contributed by atoms with Gasteiger partial charge in [0, 0.05) is 22.6 Å². The van der Waals surface area contributed by atoms with Crippen molar-refractivity contribution >= 4 is 23.1 Å². The number of hydrogen-bond acceptors (Lipinski definition) is 6. The first-order valence-corrected chi connectivity index (χ1v) is 12.2. The third-order valence-corrected chi connectivity index (χ3v) is 6.07. The summed E-state index contributed by atoms with van der Waals surface area (Å²) in [5.74, 6) is 1.89. The van der Waals surface area contributed by atoms with Crippen LogP contribution in [0.1, 0.15) is 53.5 Å². The van der Waals surface area contributed by atoms with Crippen LogP contribution in [0, 0.1) is 20.8 Å². The highest BCUT2D eigenvalue weighted by molar-refractivity contribution is 6.04. The van der Waals surface area contributed by atoms with E-state index < -0.39 is 0 Å². The van der Waals surface area contributed by atoms with E-state index in [0.717, 1.165) is 47.7 Å². The summed E-state index contributed by atoms with van der Waals surface area (Å²) < 4.78 is 7.51. The summed E-state index contributed by atoms with van der Waals surface area (Å²) in [7, 11) is 0. The van der Waals surface area contributed by atoms with Crippen molar-refractivity contribution in [2.45, 2.75) is 47.0 Å². The van der Waals surface area contributed by atoms with Gasteiger partial charge < -0.3 is 15.4 Å². The summed E-state index contributed by atoms with van der Waals surface area (Å²) in [5, 5.41) is 19.2. The van der Waals surface area contributed by atoms with E-state index in [9.17, 15) is 4.79 Å². The molecule has 0 saturated carbocycles. The van der Waals surface area contributed by atoms with Crippen LogP contribution in [0.15, 0.2) is 60.7 Å². The van der Waals surface area contributed by atoms with Crippen molar-refractivity contribution in [2.24, 2.45) is 0 Å². The van der Waals surface area contributed by atoms with Crippen LogP contribution >= 0.6 is 0 Å². The molecule has 2 heterocycles. The molecule has 186 valence electrons. The molecule has 2 N–H and O–H groups in total. The largest absolute Gasteiger partial charge is 0.494 e. The average molecular weight is 485 g/mol. The van der Waals surface area contributed by atoms with E-state index in [1.165, 1.54) is 0 Å². The van der Waals surface area contributed by atoms with Crippen molar-refractivity contribution < 1.29 is 9.53 Å². The van der Waals surface area contributed by atoms with Crippen LogP contribution in [-0.4, -0.2) is 32.5 Å². The number of rotatable bonds is 10. The Morgan fingerprint density at radius 2 is 1.61 bits per heavy atom. The Labute approximate surface area is 211 Å². The van der Waals surface area contributed by atoms with Gasteiger partial charge in [0.2, 0.25) is 0 Å². The summed E-state index contributed by atoms with van der Waals surface area (Å²) in [6, 6.07) is 18.4. The lowest BCUT2D eigenvalue weighted by molar-refractivity contribution is 0.102. The van der Waals surface area contributed by atoms with Gasteiger partial charge in [0.25, 0.3) is 5.91 Å². The maximum absolute atomic E-state index is 12.6. The number of carbonyl (C=O) groups excluding carboxylic acids is 1. The Morgan fingerprint density at radius 3 is 2.22 bits per heavy atom. The van der Waals surface area contributed by atoms with Gasteiger partial charge in [-0.3, -0.25) is 4.79 Å². The molecule has 0 atom stereocenters. The van der Waals surface area contributed by atoms with Gasteiger partial charge in [0.1, 0.15) is 5.75 Å². The van der Waals surface area contributed by atoms with Crippen LogP contribution < -0.4 is 15.4 Å². The SMILES string of the molecule is CCCCCOc1ccc(C(=O)Nc2ccc(Nc3ccc(-n4nc(C)c(C)c4C)nn3)cc2)cc1. The minimum Gasteiger partial charge on any atom is -0.494 e. The molecule has 1 amide bonds. The van der Waals surface area contributed by atoms with E-state index in [1.807, 2.05) is 69.3 Å². The number of amides is 1. The second-order valence-electron chi connectivity index (χ2n) is 8.72. The zero-order valence-corrected chi connectivity index (χ0v) is 21.2. The Hall–Kier alpha value is -4.20. The van der Waals surface area contributed by atoms with Crippen molar-refractivity contribution in [3.63, 3.8) is 0 Å². The third-order valence-electron chi connectivity index (χ3n) is 6.07. The topological polar surface area (TPSA) is 94.0 Å². The van der Waals surface area contributed by atoms with Crippen molar-refractivity contribution in [3.05, 3.63) is 83.2 Å². The number of nitrogens with one attached hydrogen (secondary N) is 2. The molecule has 0 saturated heterocycles. The second kappa shape index (κ2) is 11.5. The number of hydrogen-bond donors (Lipinski definition) is 2. The van der Waals surface area contributed by atoms with E-state index in [1.54, 1.807) is 16.8 Å². The standard InChI is InChI=1S/C28H32N6O2/c1-5-6-7-18-36-25-14-8-22(9-15-25)28(35)30-24-12-10-23(11-13-24)29-26-16-17-27(32-31-26)34-21(4)19(2)20(3)33-34/h8-17H,5-7,18H2,1-4H3,(H,29,31)(H,30,35). The van der Waals surface area contributed by atoms with Crippen LogP contribution in [0.5, 0.6) is 5.75 Å². The Bertz CT molecular complexity index is 1300. The quantitative estimate of drug-likeness (QED) is 0.262. The van der Waals surface area contributed by atoms with Gasteiger partial charge in [0.15, 0.2) is 11.6 Å². The molecule has 2 aromatic heterocycles. The van der Waals surface area contributed by atoms with E-state index >= 15 is 0 Å². The zero-order valence-electron chi connectivity index (χ0n) is 21.2. The summed E-state index contributed by atoms with van der Waals surface area (Å²) >= 11 is 0. The van der Waals surface area contributed by atoms with Gasteiger partial charge in [-0.25, -0.2) is 4.68 Å². The number of aryl methyl sites for hydroxylation is 1. The number of carbonyl (C=O) groups is 1. The molecule has 0 unspecified atom stereocenters. The molecular formula is C28H32N6O2. The molecule has 8 heteroatoms. The lowest BCUT2D eigenvalue weighted by atomic mass is 10.2. The summed E-state index contributed by atoms with van der Waals surface area (Å²) in [5.41, 5.74) is 5.29. The Balaban J connectivity index is 1.32. The van der Waals surface area contributed by atoms with E-state index in [4.69, 9.17) is 4.74 Å². The maximum Gasteiger partial charge on any atom is 0.255 e. The molecule has 2 aromatic carbocycles. The van der Waals surface area contributed by atoms with Gasteiger partial charge in [0.05, 0.1) is 12.3 Å². The lowest BCUT2D eigenvalue weighted by Crippen LogP contribution is -2.11. The van der Waals surface area contributed by atoms with Gasteiger partial charge in [-0.15, -0.1) is 10.2 Å². The van der Waals surface area contributed by atoms with Gasteiger partial charge >= 0.3 is 0 Å². The van der Waals surface area contributed by atoms with Crippen LogP contribution in [0.25, 0.3) is 5.82 Å². The molecule has 0 fully saturated rings. The van der Waals surface area contributed by atoms with Crippen LogP contribution in [0.3, 0.4) is 0 Å². The minimum absolute atomic E-state index is 0.172. The fourth-order valence-corrected chi connectivity index (χ4v) is 3.68. The third kappa shape index (κ3) is 6.07. The smallest absolute Gasteiger partial charge is 0.255 e. The van der Waals surface area contributed by atoms with E-state index in [-0.39, 0.29) is 5.91 Å². The molecule has 0 aliphatic rings. The fourth-order valence-electron chi connectivity index (χ4n) is 3.68. The molecule has 0 bridgehead atoms. The highest BCUT2D eigenvalue weighted by Gasteiger charge is 2.11. The number of benzene rings is 2. The Kier molecular flexibility index (Phi) is 7.95. The molecule has 0 aliphatic carbocycles. The molecule has 0 spiro atoms. The first-order valence-electron chi connectivity index (χ1n) is 12.2. The molecule has 4 rings (SSSR count). The highest BCUT2D eigenvalue weighted by Crippen LogP contribution is 2.20. The zero-order chi connectivity index (χ0) is 25.5. The molecular weight excluding hydrogens is 452 g/mol. The summed E-state index contributed by atoms with van der Waals surface area (Å²) in [4.78, 5) is 12.6. The molecule has 8 nitrogen and oxygen atoms in total. The predicted molar refractivity (Wildman–Crippen MR) is 143 cm³/mol. The molecule has 0 aliphatic heterocycles.